The number of fused-ring (bicyclic) bond motifs is 9. The van der Waals surface area contributed by atoms with Crippen LogP contribution in [-0.2, 0) is 0 Å². The second-order valence-corrected chi connectivity index (χ2v) is 17.1. The lowest BCUT2D eigenvalue weighted by molar-refractivity contribution is 0.857. The van der Waals surface area contributed by atoms with Gasteiger partial charge in [0.25, 0.3) is 0 Å². The van der Waals surface area contributed by atoms with Crippen molar-refractivity contribution in [3.8, 4) is 44.6 Å². The second-order valence-electron chi connectivity index (χ2n) is 16.1. The quantitative estimate of drug-likeness (QED) is 0.157. The molecule has 0 aliphatic heterocycles. The van der Waals surface area contributed by atoms with E-state index in [2.05, 4.69) is 206 Å². The molecular formula is C58H38N2S. The van der Waals surface area contributed by atoms with Crippen molar-refractivity contribution in [1.29, 1.82) is 0 Å². The predicted molar refractivity (Wildman–Crippen MR) is 260 cm³/mol. The van der Waals surface area contributed by atoms with Crippen LogP contribution in [0.5, 0.6) is 0 Å². The van der Waals surface area contributed by atoms with E-state index in [1.807, 2.05) is 17.5 Å². The number of hydrogen-bond acceptors (Lipinski definition) is 3. The summed E-state index contributed by atoms with van der Waals surface area (Å²) in [5.74, 6) is 0.376. The van der Waals surface area contributed by atoms with E-state index in [9.17, 15) is 0 Å². The van der Waals surface area contributed by atoms with Gasteiger partial charge in [0.15, 0.2) is 0 Å². The standard InChI is InChI=1S/C58H38N2S/c1-3-12-37(13-4-1)39-22-26-41(27-23-39)43-30-31-55-52(33-43)53-35-46(42-28-24-40(25-29-42)38-14-5-2-6-15-38)34-51(58(53)61-55)44-16-11-17-45(32-44)54-36-59-56-49-20-9-7-18-47(49)48-19-8-10-21-50(48)57(56)60-54/h1-24,26-36,40H,25H2. The topological polar surface area (TPSA) is 25.8 Å². The Bertz CT molecular complexity index is 3510. The summed E-state index contributed by atoms with van der Waals surface area (Å²) < 4.78 is 2.57. The maximum Gasteiger partial charge on any atom is 0.0979 e. The SMILES string of the molecule is C1=CC(c2ccccc2)CC=C1c1cc(-c2cccc(-c3cnc4c5ccccc5c5ccccc5c4n3)c2)c2sc3ccc(-c4ccc(-c5ccccc5)cc4)cc3c2c1. The number of hydrogen-bond donors (Lipinski definition) is 0. The highest BCUT2D eigenvalue weighted by molar-refractivity contribution is 7.26. The van der Waals surface area contributed by atoms with Crippen LogP contribution >= 0.6 is 11.3 Å². The number of nitrogens with zero attached hydrogens (tertiary/aromatic N) is 2. The van der Waals surface area contributed by atoms with Gasteiger partial charge in [-0.25, -0.2) is 4.98 Å². The van der Waals surface area contributed by atoms with Crippen LogP contribution in [0.2, 0.25) is 0 Å². The molecule has 286 valence electrons. The lowest BCUT2D eigenvalue weighted by Crippen LogP contribution is -1.98. The van der Waals surface area contributed by atoms with Crippen molar-refractivity contribution < 1.29 is 0 Å². The van der Waals surface area contributed by atoms with Crippen LogP contribution in [0.3, 0.4) is 0 Å². The van der Waals surface area contributed by atoms with Gasteiger partial charge < -0.3 is 0 Å². The molecule has 2 heterocycles. The molecule has 1 aliphatic carbocycles. The zero-order valence-electron chi connectivity index (χ0n) is 33.3. The molecule has 0 N–H and O–H groups in total. The summed E-state index contributed by atoms with van der Waals surface area (Å²) in [6.07, 6.45) is 10.0. The Balaban J connectivity index is 0.997. The van der Waals surface area contributed by atoms with Crippen molar-refractivity contribution in [3.05, 3.63) is 224 Å². The third-order valence-electron chi connectivity index (χ3n) is 12.5. The highest BCUT2D eigenvalue weighted by Gasteiger charge is 2.19. The number of rotatable bonds is 6. The average Bonchev–Trinajstić information content (AvgIpc) is 3.72. The molecule has 11 aromatic rings. The molecule has 0 saturated carbocycles. The van der Waals surface area contributed by atoms with Crippen LogP contribution in [0.15, 0.2) is 212 Å². The number of aromatic nitrogens is 2. The molecule has 2 nitrogen and oxygen atoms in total. The minimum atomic E-state index is 0.376. The Labute approximate surface area is 358 Å². The first-order chi connectivity index (χ1) is 30.2. The van der Waals surface area contributed by atoms with Gasteiger partial charge in [-0.3, -0.25) is 4.98 Å². The van der Waals surface area contributed by atoms with Gasteiger partial charge in [0.2, 0.25) is 0 Å². The monoisotopic (exact) mass is 794 g/mol. The molecule has 61 heavy (non-hydrogen) atoms. The summed E-state index contributed by atoms with van der Waals surface area (Å²) in [7, 11) is 0. The number of thiophene rings is 1. The van der Waals surface area contributed by atoms with Crippen LogP contribution in [0.1, 0.15) is 23.5 Å². The van der Waals surface area contributed by atoms with Crippen molar-refractivity contribution in [3.63, 3.8) is 0 Å². The van der Waals surface area contributed by atoms with Crippen molar-refractivity contribution in [2.45, 2.75) is 12.3 Å². The van der Waals surface area contributed by atoms with E-state index < -0.39 is 0 Å². The summed E-state index contributed by atoms with van der Waals surface area (Å²) in [5.41, 5.74) is 14.9. The zero-order chi connectivity index (χ0) is 40.3. The van der Waals surface area contributed by atoms with E-state index in [4.69, 9.17) is 9.97 Å². The Kier molecular flexibility index (Phi) is 8.53. The first-order valence-electron chi connectivity index (χ1n) is 21.0. The fraction of sp³-hybridized carbons (Fsp3) is 0.0345. The molecule has 9 aromatic carbocycles. The van der Waals surface area contributed by atoms with Crippen LogP contribution in [0, 0.1) is 0 Å². The van der Waals surface area contributed by atoms with Gasteiger partial charge in [-0.05, 0) is 92.0 Å². The van der Waals surface area contributed by atoms with E-state index in [-0.39, 0.29) is 0 Å². The van der Waals surface area contributed by atoms with Crippen molar-refractivity contribution >= 4 is 69.7 Å². The van der Waals surface area contributed by atoms with Gasteiger partial charge >= 0.3 is 0 Å². The smallest absolute Gasteiger partial charge is 0.0979 e. The van der Waals surface area contributed by atoms with Gasteiger partial charge in [0, 0.05) is 48.0 Å². The summed E-state index contributed by atoms with van der Waals surface area (Å²) in [4.78, 5) is 10.5. The van der Waals surface area contributed by atoms with Crippen LogP contribution in [0.25, 0.3) is 103 Å². The number of benzene rings is 9. The molecule has 1 aliphatic rings. The average molecular weight is 795 g/mol. The molecule has 0 radical (unpaired) electrons. The Morgan fingerprint density at radius 3 is 1.79 bits per heavy atom. The normalized spacial score (nSPS) is 14.0. The van der Waals surface area contributed by atoms with E-state index in [1.54, 1.807) is 0 Å². The van der Waals surface area contributed by atoms with Gasteiger partial charge in [-0.15, -0.1) is 11.3 Å². The van der Waals surface area contributed by atoms with E-state index in [1.165, 1.54) is 81.0 Å². The highest BCUT2D eigenvalue weighted by atomic mass is 32.1. The molecule has 0 fully saturated rings. The maximum atomic E-state index is 5.36. The van der Waals surface area contributed by atoms with Crippen molar-refractivity contribution in [2.75, 3.05) is 0 Å². The van der Waals surface area contributed by atoms with Gasteiger partial charge in [0.05, 0.1) is 22.9 Å². The fourth-order valence-corrected chi connectivity index (χ4v) is 10.5. The van der Waals surface area contributed by atoms with Crippen molar-refractivity contribution in [2.24, 2.45) is 0 Å². The molecule has 12 rings (SSSR count). The first-order valence-corrected chi connectivity index (χ1v) is 21.8. The number of allylic oxidation sites excluding steroid dienone is 4. The third kappa shape index (κ3) is 6.25. The van der Waals surface area contributed by atoms with Crippen molar-refractivity contribution in [1.82, 2.24) is 9.97 Å². The third-order valence-corrected chi connectivity index (χ3v) is 13.7. The Morgan fingerprint density at radius 1 is 0.443 bits per heavy atom. The van der Waals surface area contributed by atoms with Crippen LogP contribution < -0.4 is 0 Å². The van der Waals surface area contributed by atoms with Crippen LogP contribution in [-0.4, -0.2) is 9.97 Å². The summed E-state index contributed by atoms with van der Waals surface area (Å²) in [6.45, 7) is 0. The summed E-state index contributed by atoms with van der Waals surface area (Å²) in [5, 5.41) is 7.21. The fourth-order valence-electron chi connectivity index (χ4n) is 9.31. The first kappa shape index (κ1) is 35.5. The maximum absolute atomic E-state index is 5.36. The Hall–Kier alpha value is -7.46. The molecule has 2 aromatic heterocycles. The molecular weight excluding hydrogens is 757 g/mol. The molecule has 0 spiro atoms. The predicted octanol–water partition coefficient (Wildman–Crippen LogP) is 16.1. The highest BCUT2D eigenvalue weighted by Crippen LogP contribution is 2.45. The molecule has 1 unspecified atom stereocenters. The molecule has 0 amide bonds. The molecule has 0 bridgehead atoms. The van der Waals surface area contributed by atoms with Gasteiger partial charge in [-0.1, -0.05) is 176 Å². The largest absolute Gasteiger partial charge is 0.252 e. The second kappa shape index (κ2) is 14.7. The lowest BCUT2D eigenvalue weighted by Gasteiger charge is -2.18. The summed E-state index contributed by atoms with van der Waals surface area (Å²) in [6, 6.07) is 68.2. The molecule has 3 heteroatoms. The van der Waals surface area contributed by atoms with Gasteiger partial charge in [0.1, 0.15) is 0 Å². The minimum absolute atomic E-state index is 0.376. The van der Waals surface area contributed by atoms with Gasteiger partial charge in [-0.2, -0.15) is 0 Å². The van der Waals surface area contributed by atoms with E-state index >= 15 is 0 Å². The Morgan fingerprint density at radius 2 is 1.05 bits per heavy atom. The lowest BCUT2D eigenvalue weighted by atomic mass is 9.87. The minimum Gasteiger partial charge on any atom is -0.252 e. The van der Waals surface area contributed by atoms with Crippen LogP contribution in [0.4, 0.5) is 0 Å². The molecule has 0 saturated heterocycles. The van der Waals surface area contributed by atoms with E-state index in [0.717, 1.165) is 39.5 Å². The van der Waals surface area contributed by atoms with E-state index in [0.29, 0.717) is 5.92 Å². The molecule has 1 atom stereocenters. The zero-order valence-corrected chi connectivity index (χ0v) is 34.1. The summed E-state index contributed by atoms with van der Waals surface area (Å²) >= 11 is 1.88.